The van der Waals surface area contributed by atoms with E-state index in [4.69, 9.17) is 0 Å². The first-order valence-corrected chi connectivity index (χ1v) is 4.64. The Hall–Kier alpha value is 0.430. The minimum Gasteiger partial charge on any atom is -0.100 e. The van der Waals surface area contributed by atoms with Crippen molar-refractivity contribution in [3.63, 3.8) is 0 Å². The molecule has 0 N–H and O–H groups in total. The molecule has 2 atom stereocenters. The average molecular weight is 116 g/mol. The van der Waals surface area contributed by atoms with Crippen molar-refractivity contribution < 1.29 is 0 Å². The lowest BCUT2D eigenvalue weighted by atomic mass is 10.6. The Balaban J connectivity index is 2.20. The second-order valence-electron chi connectivity index (χ2n) is 2.64. The summed E-state index contributed by atoms with van der Waals surface area (Å²) >= 11 is 0. The highest BCUT2D eigenvalue weighted by molar-refractivity contribution is 7.66. The van der Waals surface area contributed by atoms with Gasteiger partial charge >= 0.3 is 0 Å². The van der Waals surface area contributed by atoms with E-state index < -0.39 is 0 Å². The molecule has 1 rings (SSSR count). The molecule has 1 heterocycles. The summed E-state index contributed by atoms with van der Waals surface area (Å²) in [7, 11) is 0.529. The first-order chi connectivity index (χ1) is 3.22. The van der Waals surface area contributed by atoms with Gasteiger partial charge in [0, 0.05) is 0 Å². The van der Waals surface area contributed by atoms with Crippen LogP contribution in [0.2, 0.25) is 0 Å². The zero-order valence-electron chi connectivity index (χ0n) is 5.31. The molecule has 0 nitrogen and oxygen atoms in total. The van der Waals surface area contributed by atoms with Gasteiger partial charge in [0.2, 0.25) is 0 Å². The highest BCUT2D eigenvalue weighted by atomic mass is 31.1. The fourth-order valence-corrected chi connectivity index (χ4v) is 3.22. The molecule has 1 aliphatic heterocycles. The molecule has 1 heteroatoms. The average Bonchev–Trinajstić information content (AvgIpc) is 2.17. The molecule has 0 aromatic rings. The molecule has 0 aliphatic carbocycles. The van der Waals surface area contributed by atoms with E-state index in [1.807, 2.05) is 0 Å². The van der Waals surface area contributed by atoms with Crippen molar-refractivity contribution in [3.05, 3.63) is 0 Å². The third-order valence-corrected chi connectivity index (χ3v) is 4.71. The summed E-state index contributed by atoms with van der Waals surface area (Å²) in [5.74, 6) is 0. The predicted molar refractivity (Wildman–Crippen MR) is 36.4 cm³/mol. The normalized spacial score (nSPS) is 39.4. The smallest absolute Gasteiger partial charge is 0.0196 e. The van der Waals surface area contributed by atoms with Crippen LogP contribution in [-0.2, 0) is 0 Å². The van der Waals surface area contributed by atoms with Crippen LogP contribution in [0.5, 0.6) is 0 Å². The minimum absolute atomic E-state index is 0.529. The first-order valence-electron chi connectivity index (χ1n) is 2.97. The van der Waals surface area contributed by atoms with E-state index in [0.717, 1.165) is 11.3 Å². The van der Waals surface area contributed by atoms with E-state index in [9.17, 15) is 0 Å². The maximum atomic E-state index is 2.37. The molecule has 42 valence electrons. The topological polar surface area (TPSA) is 0 Å². The van der Waals surface area contributed by atoms with E-state index in [-0.39, 0.29) is 0 Å². The molecule has 0 aromatic carbocycles. The van der Waals surface area contributed by atoms with Crippen molar-refractivity contribution in [3.8, 4) is 0 Å². The lowest BCUT2D eigenvalue weighted by Gasteiger charge is -1.97. The van der Waals surface area contributed by atoms with E-state index in [1.54, 1.807) is 6.16 Å². The standard InChI is InChI=1S/C6H13P/c1-5(2)7-4-6(7)3/h5-6H,4H2,1-3H3. The molecule has 7 heavy (non-hydrogen) atoms. The summed E-state index contributed by atoms with van der Waals surface area (Å²) in [6.45, 7) is 7.05. The molecular weight excluding hydrogens is 103 g/mol. The Morgan fingerprint density at radius 2 is 2.00 bits per heavy atom. The van der Waals surface area contributed by atoms with Gasteiger partial charge < -0.3 is 0 Å². The van der Waals surface area contributed by atoms with Crippen LogP contribution in [0.15, 0.2) is 0 Å². The highest BCUT2D eigenvalue weighted by Crippen LogP contribution is 2.61. The number of rotatable bonds is 1. The molecule has 0 amide bonds. The number of hydrogen-bond donors (Lipinski definition) is 0. The third kappa shape index (κ3) is 1.16. The van der Waals surface area contributed by atoms with Gasteiger partial charge in [0.1, 0.15) is 0 Å². The van der Waals surface area contributed by atoms with E-state index in [0.29, 0.717) is 7.92 Å². The molecule has 1 fully saturated rings. The van der Waals surface area contributed by atoms with Crippen molar-refractivity contribution >= 4 is 7.92 Å². The largest absolute Gasteiger partial charge is 0.100 e. The minimum atomic E-state index is 0.529. The van der Waals surface area contributed by atoms with E-state index in [2.05, 4.69) is 20.8 Å². The van der Waals surface area contributed by atoms with Crippen molar-refractivity contribution in [1.82, 2.24) is 0 Å². The van der Waals surface area contributed by atoms with Crippen LogP contribution in [0.4, 0.5) is 0 Å². The molecule has 1 saturated heterocycles. The summed E-state index contributed by atoms with van der Waals surface area (Å²) < 4.78 is 0. The monoisotopic (exact) mass is 116 g/mol. The molecule has 1 aliphatic rings. The zero-order chi connectivity index (χ0) is 5.44. The molecular formula is C6H13P. The lowest BCUT2D eigenvalue weighted by Crippen LogP contribution is -1.81. The van der Waals surface area contributed by atoms with Gasteiger partial charge in [-0.15, -0.1) is 7.92 Å². The quantitative estimate of drug-likeness (QED) is 0.461. The Morgan fingerprint density at radius 1 is 1.57 bits per heavy atom. The van der Waals surface area contributed by atoms with E-state index >= 15 is 0 Å². The van der Waals surface area contributed by atoms with E-state index in [1.165, 1.54) is 0 Å². The maximum Gasteiger partial charge on any atom is -0.0196 e. The lowest BCUT2D eigenvalue weighted by molar-refractivity contribution is 1.10. The highest BCUT2D eigenvalue weighted by Gasteiger charge is 2.33. The van der Waals surface area contributed by atoms with Crippen LogP contribution in [0.1, 0.15) is 20.8 Å². The molecule has 0 bridgehead atoms. The van der Waals surface area contributed by atoms with Crippen LogP contribution in [0.25, 0.3) is 0 Å². The zero-order valence-corrected chi connectivity index (χ0v) is 6.20. The van der Waals surface area contributed by atoms with Gasteiger partial charge in [0.15, 0.2) is 0 Å². The van der Waals surface area contributed by atoms with Crippen LogP contribution >= 0.6 is 7.92 Å². The molecule has 2 unspecified atom stereocenters. The van der Waals surface area contributed by atoms with Gasteiger partial charge in [-0.05, 0) is 17.5 Å². The molecule has 0 spiro atoms. The second kappa shape index (κ2) is 1.74. The Kier molecular flexibility index (Phi) is 1.39. The fourth-order valence-electron chi connectivity index (χ4n) is 0.978. The van der Waals surface area contributed by atoms with Gasteiger partial charge in [0.25, 0.3) is 0 Å². The summed E-state index contributed by atoms with van der Waals surface area (Å²) in [4.78, 5) is 0. The van der Waals surface area contributed by atoms with Crippen molar-refractivity contribution in [2.24, 2.45) is 0 Å². The third-order valence-electron chi connectivity index (χ3n) is 1.57. The van der Waals surface area contributed by atoms with Crippen LogP contribution < -0.4 is 0 Å². The molecule has 0 radical (unpaired) electrons. The maximum absolute atomic E-state index is 2.37. The van der Waals surface area contributed by atoms with Crippen molar-refractivity contribution in [1.29, 1.82) is 0 Å². The van der Waals surface area contributed by atoms with Crippen LogP contribution in [-0.4, -0.2) is 17.5 Å². The van der Waals surface area contributed by atoms with Crippen molar-refractivity contribution in [2.45, 2.75) is 32.1 Å². The first kappa shape index (κ1) is 5.56. The summed E-state index contributed by atoms with van der Waals surface area (Å²) in [6, 6.07) is 0. The fraction of sp³-hybridized carbons (Fsp3) is 1.00. The van der Waals surface area contributed by atoms with Gasteiger partial charge in [-0.25, -0.2) is 0 Å². The summed E-state index contributed by atoms with van der Waals surface area (Å²) in [6.07, 6.45) is 1.55. The Labute approximate surface area is 47.1 Å². The summed E-state index contributed by atoms with van der Waals surface area (Å²) in [5.41, 5.74) is 2.11. The van der Waals surface area contributed by atoms with Gasteiger partial charge in [-0.3, -0.25) is 0 Å². The van der Waals surface area contributed by atoms with Crippen LogP contribution in [0, 0.1) is 0 Å². The second-order valence-corrected chi connectivity index (χ2v) is 5.95. The van der Waals surface area contributed by atoms with Crippen LogP contribution in [0.3, 0.4) is 0 Å². The molecule has 0 saturated carbocycles. The van der Waals surface area contributed by atoms with Gasteiger partial charge in [0.05, 0.1) is 0 Å². The number of hydrogen-bond acceptors (Lipinski definition) is 0. The Bertz CT molecular complexity index is 68.6. The molecule has 0 aromatic heterocycles. The van der Waals surface area contributed by atoms with Crippen molar-refractivity contribution in [2.75, 3.05) is 6.16 Å². The SMILES string of the molecule is CC(C)P1CC1C. The Morgan fingerprint density at radius 3 is 2.00 bits per heavy atom. The summed E-state index contributed by atoms with van der Waals surface area (Å²) in [5, 5.41) is 0. The predicted octanol–water partition coefficient (Wildman–Crippen LogP) is 2.28. The van der Waals surface area contributed by atoms with Gasteiger partial charge in [-0.1, -0.05) is 20.8 Å². The van der Waals surface area contributed by atoms with Gasteiger partial charge in [-0.2, -0.15) is 0 Å².